The molecule has 3 amide bonds. The lowest BCUT2D eigenvalue weighted by Gasteiger charge is -2.41. The summed E-state index contributed by atoms with van der Waals surface area (Å²) in [6.07, 6.45) is 7.23. The summed E-state index contributed by atoms with van der Waals surface area (Å²) in [7, 11) is 0. The summed E-state index contributed by atoms with van der Waals surface area (Å²) >= 11 is 0. The number of carbonyl (C=O) groups is 4. The maximum atomic E-state index is 14.1. The highest BCUT2D eigenvalue weighted by molar-refractivity contribution is 5.94. The van der Waals surface area contributed by atoms with Gasteiger partial charge in [0, 0.05) is 17.6 Å². The molecule has 2 aliphatic rings. The molecule has 45 heavy (non-hydrogen) atoms. The van der Waals surface area contributed by atoms with Gasteiger partial charge in [-0.25, -0.2) is 5.43 Å². The number of nitrogens with zero attached hydrogens (tertiary/aromatic N) is 2. The molecule has 3 atom stereocenters. The Bertz CT molecular complexity index is 1440. The summed E-state index contributed by atoms with van der Waals surface area (Å²) < 4.78 is 0. The Kier molecular flexibility index (Phi) is 10.7. The zero-order valence-corrected chi connectivity index (χ0v) is 26.9. The zero-order chi connectivity index (χ0) is 32.9. The molecule has 4 rings (SSSR count). The number of carbonyl (C=O) groups excluding carboxylic acids is 3. The molecule has 1 unspecified atom stereocenters. The third kappa shape index (κ3) is 8.26. The van der Waals surface area contributed by atoms with Gasteiger partial charge < -0.3 is 20.8 Å². The number of aliphatic carboxylic acids is 1. The standard InChI is InChI=1S/C34H47N5O6/c1-6-25-12-11-24-10-9-23(20-27(24)36-25)13-14-34(17-15-33(5,45)16-18-34)32(44)37-28(21(2)3)29(40)35-22(4)30(41)39-19-7-8-26(38-39)31(42)43/h9-14,20-22,26,28,38,45H,6-8,15-19H2,1-5H3,(H,35,40)(H,37,44)(H,42,43)/b14-13+/t22-,26?,28-,33-,34-/m0/s1. The summed E-state index contributed by atoms with van der Waals surface area (Å²) in [5, 5.41) is 28.0. The van der Waals surface area contributed by atoms with Crippen LogP contribution in [-0.4, -0.2) is 74.2 Å². The molecule has 2 fully saturated rings. The van der Waals surface area contributed by atoms with Crippen LogP contribution < -0.4 is 16.1 Å². The molecule has 1 saturated heterocycles. The first kappa shape index (κ1) is 34.1. The number of aliphatic hydroxyl groups is 1. The molecule has 1 aromatic heterocycles. The maximum absolute atomic E-state index is 14.1. The third-order valence-corrected chi connectivity index (χ3v) is 9.12. The second-order valence-electron chi connectivity index (χ2n) is 13.2. The predicted molar refractivity (Wildman–Crippen MR) is 172 cm³/mol. The molecule has 0 spiro atoms. The first-order chi connectivity index (χ1) is 21.2. The molecule has 5 N–H and O–H groups in total. The minimum Gasteiger partial charge on any atom is -0.480 e. The molecule has 1 saturated carbocycles. The fraction of sp³-hybridized carbons (Fsp3) is 0.559. The minimum absolute atomic E-state index is 0.284. The second kappa shape index (κ2) is 14.1. The Morgan fingerprint density at radius 3 is 2.42 bits per heavy atom. The van der Waals surface area contributed by atoms with E-state index in [0.29, 0.717) is 45.1 Å². The molecule has 0 radical (unpaired) electrons. The normalized spacial score (nSPS) is 25.2. The van der Waals surface area contributed by atoms with Crippen LogP contribution >= 0.6 is 0 Å². The monoisotopic (exact) mass is 621 g/mol. The molecular formula is C34H47N5O6. The van der Waals surface area contributed by atoms with Crippen molar-refractivity contribution in [2.24, 2.45) is 11.3 Å². The third-order valence-electron chi connectivity index (χ3n) is 9.12. The number of carboxylic acids is 1. The number of benzene rings is 1. The minimum atomic E-state index is -1.04. The van der Waals surface area contributed by atoms with Crippen LogP contribution in [-0.2, 0) is 25.6 Å². The van der Waals surface area contributed by atoms with E-state index in [9.17, 15) is 29.4 Å². The van der Waals surface area contributed by atoms with Gasteiger partial charge in [-0.15, -0.1) is 0 Å². The van der Waals surface area contributed by atoms with Gasteiger partial charge in [-0.1, -0.05) is 51.1 Å². The van der Waals surface area contributed by atoms with Crippen LogP contribution in [0.4, 0.5) is 0 Å². The van der Waals surface area contributed by atoms with E-state index in [2.05, 4.69) is 23.0 Å². The number of aryl methyl sites for hydroxylation is 1. The summed E-state index contributed by atoms with van der Waals surface area (Å²) in [4.78, 5) is 56.7. The number of fused-ring (bicyclic) bond motifs is 1. The first-order valence-electron chi connectivity index (χ1n) is 16.0. The van der Waals surface area contributed by atoms with Gasteiger partial charge in [-0.2, -0.15) is 0 Å². The number of nitrogens with one attached hydrogen (secondary N) is 3. The van der Waals surface area contributed by atoms with Gasteiger partial charge in [0.25, 0.3) is 5.91 Å². The van der Waals surface area contributed by atoms with E-state index in [1.165, 1.54) is 5.01 Å². The van der Waals surface area contributed by atoms with Gasteiger partial charge in [0.2, 0.25) is 11.8 Å². The van der Waals surface area contributed by atoms with E-state index in [1.54, 1.807) is 13.8 Å². The molecule has 2 heterocycles. The Balaban J connectivity index is 1.51. The summed E-state index contributed by atoms with van der Waals surface area (Å²) in [5.74, 6) is -2.58. The van der Waals surface area contributed by atoms with E-state index < -0.39 is 46.9 Å². The average Bonchev–Trinajstić information content (AvgIpc) is 3.02. The van der Waals surface area contributed by atoms with Crippen LogP contribution in [0.5, 0.6) is 0 Å². The van der Waals surface area contributed by atoms with Crippen LogP contribution in [0.25, 0.3) is 17.0 Å². The number of pyridine rings is 1. The number of aromatic nitrogens is 1. The molecular weight excluding hydrogens is 574 g/mol. The van der Waals surface area contributed by atoms with Crippen molar-refractivity contribution in [2.45, 2.75) is 103 Å². The first-order valence-corrected chi connectivity index (χ1v) is 16.0. The predicted octanol–water partition coefficient (Wildman–Crippen LogP) is 3.35. The Labute approximate surface area is 264 Å². The van der Waals surface area contributed by atoms with Crippen LogP contribution in [0.1, 0.15) is 84.4 Å². The Hall–Kier alpha value is -3.83. The van der Waals surface area contributed by atoms with Crippen LogP contribution in [0, 0.1) is 11.3 Å². The van der Waals surface area contributed by atoms with Crippen molar-refractivity contribution >= 4 is 40.7 Å². The molecule has 1 aliphatic heterocycles. The van der Waals surface area contributed by atoms with Crippen molar-refractivity contribution in [3.05, 3.63) is 47.7 Å². The highest BCUT2D eigenvalue weighted by Crippen LogP contribution is 2.43. The topological polar surface area (TPSA) is 161 Å². The molecule has 1 aromatic carbocycles. The number of hydrogen-bond acceptors (Lipinski definition) is 7. The number of hydrogen-bond donors (Lipinski definition) is 5. The fourth-order valence-corrected chi connectivity index (χ4v) is 5.98. The number of amides is 3. The lowest BCUT2D eigenvalue weighted by Crippen LogP contribution is -2.61. The van der Waals surface area contributed by atoms with Crippen molar-refractivity contribution < 1.29 is 29.4 Å². The summed E-state index contributed by atoms with van der Waals surface area (Å²) in [6, 6.07) is 7.32. The number of rotatable bonds is 10. The van der Waals surface area contributed by atoms with Gasteiger partial charge in [0.1, 0.15) is 18.1 Å². The highest BCUT2D eigenvalue weighted by atomic mass is 16.4. The quantitative estimate of drug-likeness (QED) is 0.270. The average molecular weight is 622 g/mol. The Morgan fingerprint density at radius 2 is 1.78 bits per heavy atom. The molecule has 1 aliphatic carbocycles. The smallest absolute Gasteiger partial charge is 0.322 e. The molecule has 0 bridgehead atoms. The van der Waals surface area contributed by atoms with E-state index in [1.807, 2.05) is 56.3 Å². The summed E-state index contributed by atoms with van der Waals surface area (Å²) in [5.41, 5.74) is 3.66. The van der Waals surface area contributed by atoms with Crippen LogP contribution in [0.15, 0.2) is 36.4 Å². The van der Waals surface area contributed by atoms with Gasteiger partial charge in [-0.3, -0.25) is 29.2 Å². The van der Waals surface area contributed by atoms with E-state index in [0.717, 1.165) is 28.6 Å². The van der Waals surface area contributed by atoms with Gasteiger partial charge in [0.05, 0.1) is 16.5 Å². The lowest BCUT2D eigenvalue weighted by atomic mass is 9.68. The van der Waals surface area contributed by atoms with Gasteiger partial charge >= 0.3 is 5.97 Å². The van der Waals surface area contributed by atoms with Gasteiger partial charge in [0.15, 0.2) is 0 Å². The van der Waals surface area contributed by atoms with Crippen molar-refractivity contribution in [3.8, 4) is 0 Å². The van der Waals surface area contributed by atoms with Crippen molar-refractivity contribution in [1.29, 1.82) is 0 Å². The SMILES string of the molecule is CCc1ccc2ccc(/C=C/[C@]3(C(=O)N[C@H](C(=O)N[C@@H](C)C(=O)N4CCCC(C(=O)O)N4)C(C)C)CC[C@](C)(O)CC3)cc2n1. The number of carboxylic acid groups (broad SMARTS) is 1. The lowest BCUT2D eigenvalue weighted by molar-refractivity contribution is -0.148. The Morgan fingerprint density at radius 1 is 1.09 bits per heavy atom. The number of hydrazine groups is 1. The fourth-order valence-electron chi connectivity index (χ4n) is 5.98. The molecule has 11 nitrogen and oxygen atoms in total. The molecule has 2 aromatic rings. The zero-order valence-electron chi connectivity index (χ0n) is 26.9. The highest BCUT2D eigenvalue weighted by Gasteiger charge is 2.44. The molecule has 11 heteroatoms. The maximum Gasteiger partial charge on any atom is 0.322 e. The van der Waals surface area contributed by atoms with Crippen LogP contribution in [0.3, 0.4) is 0 Å². The van der Waals surface area contributed by atoms with E-state index in [4.69, 9.17) is 4.98 Å². The van der Waals surface area contributed by atoms with E-state index >= 15 is 0 Å². The van der Waals surface area contributed by atoms with Crippen molar-refractivity contribution in [3.63, 3.8) is 0 Å². The molecule has 244 valence electrons. The van der Waals surface area contributed by atoms with Crippen molar-refractivity contribution in [1.82, 2.24) is 26.1 Å². The van der Waals surface area contributed by atoms with Crippen molar-refractivity contribution in [2.75, 3.05) is 6.54 Å². The van der Waals surface area contributed by atoms with Gasteiger partial charge in [-0.05, 0) is 82.4 Å². The van der Waals surface area contributed by atoms with Crippen LogP contribution in [0.2, 0.25) is 0 Å². The largest absolute Gasteiger partial charge is 0.480 e. The van der Waals surface area contributed by atoms with E-state index in [-0.39, 0.29) is 11.8 Å². The summed E-state index contributed by atoms with van der Waals surface area (Å²) in [6.45, 7) is 9.35. The second-order valence-corrected chi connectivity index (χ2v) is 13.2.